The van der Waals surface area contributed by atoms with Crippen molar-refractivity contribution < 1.29 is 14.3 Å². The molecule has 0 bridgehead atoms. The Kier molecular flexibility index (Phi) is 5.71. The van der Waals surface area contributed by atoms with E-state index >= 15 is 0 Å². The molecule has 22 heavy (non-hydrogen) atoms. The Balaban J connectivity index is 1.37. The van der Waals surface area contributed by atoms with Gasteiger partial charge in [-0.15, -0.1) is 0 Å². The zero-order chi connectivity index (χ0) is 15.4. The molecule has 0 radical (unpaired) electrons. The third kappa shape index (κ3) is 4.00. The predicted molar refractivity (Wildman–Crippen MR) is 84.5 cm³/mol. The molecule has 5 heteroatoms. The van der Waals surface area contributed by atoms with Crippen LogP contribution in [0.1, 0.15) is 51.4 Å². The first-order chi connectivity index (χ1) is 10.7. The van der Waals surface area contributed by atoms with Gasteiger partial charge < -0.3 is 20.1 Å². The van der Waals surface area contributed by atoms with E-state index in [1.165, 1.54) is 12.8 Å². The number of rotatable bonds is 4. The second-order valence-electron chi connectivity index (χ2n) is 7.05. The van der Waals surface area contributed by atoms with Crippen LogP contribution in [0.25, 0.3) is 0 Å². The van der Waals surface area contributed by atoms with Crippen LogP contribution in [0.5, 0.6) is 0 Å². The SMILES string of the molecule is N[C@@H]1CCC[C@@H]1C(=O)N1CCC(OC[C@@H]2CCCCO2)CC1. The lowest BCUT2D eigenvalue weighted by Crippen LogP contribution is -2.46. The molecule has 126 valence electrons. The van der Waals surface area contributed by atoms with Crippen LogP contribution in [-0.4, -0.2) is 55.4 Å². The minimum absolute atomic E-state index is 0.0631. The molecule has 0 aromatic heterocycles. The standard InChI is InChI=1S/C17H30N2O3/c18-16-6-3-5-15(16)17(20)19-9-7-13(8-10-19)22-12-14-4-1-2-11-21-14/h13-16H,1-12,18H2/t14-,15-,16+/m0/s1. The van der Waals surface area contributed by atoms with Crippen LogP contribution in [0.4, 0.5) is 0 Å². The molecule has 1 amide bonds. The fourth-order valence-electron chi connectivity index (χ4n) is 3.95. The summed E-state index contributed by atoms with van der Waals surface area (Å²) in [7, 11) is 0. The number of amides is 1. The maximum atomic E-state index is 12.5. The zero-order valence-corrected chi connectivity index (χ0v) is 13.5. The minimum Gasteiger partial charge on any atom is -0.376 e. The normalized spacial score (nSPS) is 34.0. The molecule has 1 saturated carbocycles. The average Bonchev–Trinajstić information content (AvgIpc) is 3.00. The molecule has 2 saturated heterocycles. The molecule has 0 spiro atoms. The van der Waals surface area contributed by atoms with Gasteiger partial charge in [-0.1, -0.05) is 6.42 Å². The molecule has 2 heterocycles. The highest BCUT2D eigenvalue weighted by molar-refractivity contribution is 5.80. The van der Waals surface area contributed by atoms with Gasteiger partial charge >= 0.3 is 0 Å². The summed E-state index contributed by atoms with van der Waals surface area (Å²) in [4.78, 5) is 14.5. The maximum absolute atomic E-state index is 12.5. The molecule has 1 aliphatic carbocycles. The Morgan fingerprint density at radius 2 is 1.91 bits per heavy atom. The molecule has 0 aromatic rings. The van der Waals surface area contributed by atoms with Crippen LogP contribution in [0.15, 0.2) is 0 Å². The van der Waals surface area contributed by atoms with E-state index in [0.29, 0.717) is 6.61 Å². The van der Waals surface area contributed by atoms with Gasteiger partial charge in [0.25, 0.3) is 0 Å². The van der Waals surface area contributed by atoms with E-state index in [4.69, 9.17) is 15.2 Å². The van der Waals surface area contributed by atoms with E-state index < -0.39 is 0 Å². The van der Waals surface area contributed by atoms with Gasteiger partial charge in [0.15, 0.2) is 0 Å². The molecule has 2 aliphatic heterocycles. The van der Waals surface area contributed by atoms with Gasteiger partial charge in [0, 0.05) is 25.7 Å². The number of hydrogen-bond acceptors (Lipinski definition) is 4. The number of carbonyl (C=O) groups is 1. The molecule has 3 rings (SSSR count). The van der Waals surface area contributed by atoms with Crippen LogP contribution in [-0.2, 0) is 14.3 Å². The Morgan fingerprint density at radius 3 is 2.55 bits per heavy atom. The Morgan fingerprint density at radius 1 is 1.09 bits per heavy atom. The third-order valence-corrected chi connectivity index (χ3v) is 5.43. The first-order valence-corrected chi connectivity index (χ1v) is 9.01. The Bertz CT molecular complexity index is 363. The molecule has 3 fully saturated rings. The summed E-state index contributed by atoms with van der Waals surface area (Å²) in [5.74, 6) is 0.340. The lowest BCUT2D eigenvalue weighted by molar-refractivity contribution is -0.139. The summed E-state index contributed by atoms with van der Waals surface area (Å²) >= 11 is 0. The lowest BCUT2D eigenvalue weighted by atomic mass is 10.00. The van der Waals surface area contributed by atoms with E-state index in [1.807, 2.05) is 4.90 Å². The molecule has 0 unspecified atom stereocenters. The van der Waals surface area contributed by atoms with Crippen molar-refractivity contribution >= 4 is 5.91 Å². The van der Waals surface area contributed by atoms with Crippen LogP contribution < -0.4 is 5.73 Å². The van der Waals surface area contributed by atoms with E-state index in [-0.39, 0.29) is 30.1 Å². The minimum atomic E-state index is 0.0631. The molecule has 3 aliphatic rings. The first kappa shape index (κ1) is 16.2. The van der Waals surface area contributed by atoms with Gasteiger partial charge in [-0.3, -0.25) is 4.79 Å². The van der Waals surface area contributed by atoms with Gasteiger partial charge in [0.05, 0.1) is 24.7 Å². The molecule has 2 N–H and O–H groups in total. The highest BCUT2D eigenvalue weighted by Crippen LogP contribution is 2.27. The van der Waals surface area contributed by atoms with Crippen molar-refractivity contribution in [1.29, 1.82) is 0 Å². The van der Waals surface area contributed by atoms with Crippen LogP contribution in [0.2, 0.25) is 0 Å². The fourth-order valence-corrected chi connectivity index (χ4v) is 3.95. The number of nitrogens with two attached hydrogens (primary N) is 1. The van der Waals surface area contributed by atoms with Gasteiger partial charge in [-0.05, 0) is 44.9 Å². The fraction of sp³-hybridized carbons (Fsp3) is 0.941. The number of carbonyl (C=O) groups excluding carboxylic acids is 1. The van der Waals surface area contributed by atoms with E-state index in [1.54, 1.807) is 0 Å². The average molecular weight is 310 g/mol. The second-order valence-corrected chi connectivity index (χ2v) is 7.05. The van der Waals surface area contributed by atoms with Crippen LogP contribution in [0.3, 0.4) is 0 Å². The van der Waals surface area contributed by atoms with Crippen molar-refractivity contribution in [3.8, 4) is 0 Å². The molecule has 3 atom stereocenters. The topological polar surface area (TPSA) is 64.8 Å². The number of likely N-dealkylation sites (tertiary alicyclic amines) is 1. The Hall–Kier alpha value is -0.650. The van der Waals surface area contributed by atoms with Gasteiger partial charge in [-0.2, -0.15) is 0 Å². The largest absolute Gasteiger partial charge is 0.376 e. The van der Waals surface area contributed by atoms with E-state index in [0.717, 1.165) is 58.2 Å². The first-order valence-electron chi connectivity index (χ1n) is 9.01. The zero-order valence-electron chi connectivity index (χ0n) is 13.5. The van der Waals surface area contributed by atoms with Crippen LogP contribution >= 0.6 is 0 Å². The van der Waals surface area contributed by atoms with Crippen molar-refractivity contribution in [2.45, 2.75) is 69.6 Å². The highest BCUT2D eigenvalue weighted by atomic mass is 16.5. The second kappa shape index (κ2) is 7.75. The lowest BCUT2D eigenvalue weighted by Gasteiger charge is -2.35. The third-order valence-electron chi connectivity index (χ3n) is 5.43. The van der Waals surface area contributed by atoms with Gasteiger partial charge in [0.1, 0.15) is 0 Å². The van der Waals surface area contributed by atoms with Crippen molar-refractivity contribution in [2.24, 2.45) is 11.7 Å². The summed E-state index contributed by atoms with van der Waals surface area (Å²) in [6.07, 6.45) is 9.07. The summed E-state index contributed by atoms with van der Waals surface area (Å²) in [5.41, 5.74) is 6.06. The monoisotopic (exact) mass is 310 g/mol. The quantitative estimate of drug-likeness (QED) is 0.858. The van der Waals surface area contributed by atoms with Gasteiger partial charge in [0.2, 0.25) is 5.91 Å². The molecular weight excluding hydrogens is 280 g/mol. The number of hydrogen-bond donors (Lipinski definition) is 1. The summed E-state index contributed by atoms with van der Waals surface area (Å²) in [6, 6.07) is 0.0740. The number of ether oxygens (including phenoxy) is 2. The predicted octanol–water partition coefficient (Wildman–Crippen LogP) is 1.69. The van der Waals surface area contributed by atoms with Crippen molar-refractivity contribution in [1.82, 2.24) is 4.90 Å². The highest BCUT2D eigenvalue weighted by Gasteiger charge is 2.35. The van der Waals surface area contributed by atoms with Crippen LogP contribution in [0, 0.1) is 5.92 Å². The number of nitrogens with zero attached hydrogens (tertiary/aromatic N) is 1. The summed E-state index contributed by atoms with van der Waals surface area (Å²) in [5, 5.41) is 0. The smallest absolute Gasteiger partial charge is 0.227 e. The summed E-state index contributed by atoms with van der Waals surface area (Å²) in [6.45, 7) is 3.23. The molecular formula is C17H30N2O3. The molecule has 5 nitrogen and oxygen atoms in total. The van der Waals surface area contributed by atoms with E-state index in [9.17, 15) is 4.79 Å². The van der Waals surface area contributed by atoms with Crippen molar-refractivity contribution in [2.75, 3.05) is 26.3 Å². The van der Waals surface area contributed by atoms with E-state index in [2.05, 4.69) is 0 Å². The van der Waals surface area contributed by atoms with Crippen molar-refractivity contribution in [3.63, 3.8) is 0 Å². The number of piperidine rings is 1. The maximum Gasteiger partial charge on any atom is 0.227 e. The molecule has 0 aromatic carbocycles. The van der Waals surface area contributed by atoms with Gasteiger partial charge in [-0.25, -0.2) is 0 Å². The summed E-state index contributed by atoms with van der Waals surface area (Å²) < 4.78 is 11.7. The Labute approximate surface area is 133 Å². The van der Waals surface area contributed by atoms with Crippen molar-refractivity contribution in [3.05, 3.63) is 0 Å².